The second kappa shape index (κ2) is 8.94. The van der Waals surface area contributed by atoms with Crippen LogP contribution in [0.1, 0.15) is 16.7 Å². The zero-order chi connectivity index (χ0) is 23.8. The third-order valence-corrected chi connectivity index (χ3v) is 7.67. The van der Waals surface area contributed by atoms with Crippen LogP contribution in [0, 0.1) is 0 Å². The maximum atomic E-state index is 12.9. The van der Waals surface area contributed by atoms with Gasteiger partial charge in [0.05, 0.1) is 27.2 Å². The number of nitrogens with one attached hydrogen (secondary N) is 1. The number of aromatic nitrogens is 1. The number of hydrogen-bond acceptors (Lipinski definition) is 4. The van der Waals surface area contributed by atoms with E-state index in [0.717, 1.165) is 29.0 Å². The second-order valence-electron chi connectivity index (χ2n) is 7.20. The zero-order valence-electron chi connectivity index (χ0n) is 16.8. The summed E-state index contributed by atoms with van der Waals surface area (Å²) in [6, 6.07) is 15.8. The highest BCUT2D eigenvalue weighted by atomic mass is 35.5. The fraction of sp³-hybridized carbons (Fsp3) is 0.136. The molecule has 1 heterocycles. The molecule has 0 atom stereocenters. The van der Waals surface area contributed by atoms with Gasteiger partial charge in [0.25, 0.3) is 0 Å². The van der Waals surface area contributed by atoms with Crippen molar-refractivity contribution in [3.05, 3.63) is 98.1 Å². The summed E-state index contributed by atoms with van der Waals surface area (Å²) in [7, 11) is -4.02. The van der Waals surface area contributed by atoms with E-state index in [9.17, 15) is 26.4 Å². The molecule has 0 saturated carbocycles. The van der Waals surface area contributed by atoms with E-state index in [-0.39, 0.29) is 28.4 Å². The Kier molecular flexibility index (Phi) is 6.37. The molecular formula is C22H16ClF3N2O3S2. The van der Waals surface area contributed by atoms with Gasteiger partial charge >= 0.3 is 11.0 Å². The number of rotatable bonds is 6. The molecule has 0 amide bonds. The highest BCUT2D eigenvalue weighted by Gasteiger charge is 2.30. The molecule has 0 bridgehead atoms. The molecule has 11 heteroatoms. The third kappa shape index (κ3) is 5.14. The minimum atomic E-state index is -4.52. The Morgan fingerprint density at radius 1 is 1.00 bits per heavy atom. The number of fused-ring (bicyclic) bond motifs is 1. The van der Waals surface area contributed by atoms with Gasteiger partial charge in [0, 0.05) is 11.6 Å². The van der Waals surface area contributed by atoms with E-state index >= 15 is 0 Å². The first-order valence-electron chi connectivity index (χ1n) is 9.57. The van der Waals surface area contributed by atoms with Crippen molar-refractivity contribution < 1.29 is 21.6 Å². The van der Waals surface area contributed by atoms with Gasteiger partial charge in [0.2, 0.25) is 10.0 Å². The number of hydrogen-bond donors (Lipinski definition) is 1. The quantitative estimate of drug-likeness (QED) is 0.383. The van der Waals surface area contributed by atoms with Gasteiger partial charge in [-0.1, -0.05) is 59.3 Å². The Morgan fingerprint density at radius 3 is 2.48 bits per heavy atom. The summed E-state index contributed by atoms with van der Waals surface area (Å²) < 4.78 is 68.4. The molecule has 0 saturated heterocycles. The van der Waals surface area contributed by atoms with Crippen LogP contribution in [0.2, 0.25) is 5.02 Å². The van der Waals surface area contributed by atoms with Crippen LogP contribution in [0.4, 0.5) is 13.2 Å². The molecule has 0 spiro atoms. The summed E-state index contributed by atoms with van der Waals surface area (Å²) in [5.41, 5.74) is 0.623. The average Bonchev–Trinajstić information content (AvgIpc) is 3.08. The normalized spacial score (nSPS) is 12.4. The summed E-state index contributed by atoms with van der Waals surface area (Å²) >= 11 is 7.09. The van der Waals surface area contributed by atoms with Crippen molar-refractivity contribution in [2.24, 2.45) is 0 Å². The molecule has 0 unspecified atom stereocenters. The van der Waals surface area contributed by atoms with Gasteiger partial charge in [-0.2, -0.15) is 13.2 Å². The van der Waals surface area contributed by atoms with E-state index in [1.165, 1.54) is 34.9 Å². The fourth-order valence-corrected chi connectivity index (χ4v) is 5.52. The van der Waals surface area contributed by atoms with Gasteiger partial charge in [-0.15, -0.1) is 0 Å². The summed E-state index contributed by atoms with van der Waals surface area (Å²) in [4.78, 5) is 12.2. The number of nitrogens with zero attached hydrogens (tertiary/aromatic N) is 1. The van der Waals surface area contributed by atoms with Gasteiger partial charge in [-0.3, -0.25) is 9.36 Å². The predicted octanol–water partition coefficient (Wildman–Crippen LogP) is 5.26. The van der Waals surface area contributed by atoms with E-state index in [0.29, 0.717) is 15.2 Å². The van der Waals surface area contributed by atoms with Crippen molar-refractivity contribution in [2.75, 3.05) is 0 Å². The molecule has 1 N–H and O–H groups in total. The first kappa shape index (κ1) is 23.5. The number of benzene rings is 3. The van der Waals surface area contributed by atoms with Gasteiger partial charge in [-0.25, -0.2) is 13.1 Å². The summed E-state index contributed by atoms with van der Waals surface area (Å²) in [5, 5.41) is 0.516. The van der Waals surface area contributed by atoms with Crippen LogP contribution in [-0.4, -0.2) is 13.0 Å². The Balaban J connectivity index is 1.58. The topological polar surface area (TPSA) is 68.2 Å². The number of halogens is 4. The molecule has 4 aromatic rings. The van der Waals surface area contributed by atoms with Crippen molar-refractivity contribution in [2.45, 2.75) is 24.2 Å². The van der Waals surface area contributed by atoms with Crippen LogP contribution in [-0.2, 0) is 29.3 Å². The summed E-state index contributed by atoms with van der Waals surface area (Å²) in [5.74, 6) is 0. The molecule has 0 aliphatic heterocycles. The zero-order valence-corrected chi connectivity index (χ0v) is 19.2. The van der Waals surface area contributed by atoms with Crippen LogP contribution in [0.15, 0.2) is 76.4 Å². The van der Waals surface area contributed by atoms with Gasteiger partial charge in [0.1, 0.15) is 0 Å². The van der Waals surface area contributed by atoms with Crippen LogP contribution in [0.5, 0.6) is 0 Å². The van der Waals surface area contributed by atoms with E-state index in [1.54, 1.807) is 18.2 Å². The molecule has 4 rings (SSSR count). The molecule has 0 radical (unpaired) electrons. The molecule has 1 aromatic heterocycles. The molecule has 0 aliphatic carbocycles. The first-order valence-corrected chi connectivity index (χ1v) is 12.2. The SMILES string of the molecule is O=c1sc2cc(S(=O)(=O)NCc3cccc(C(F)(F)F)c3)ccc2n1Cc1ccccc1Cl. The van der Waals surface area contributed by atoms with Crippen LogP contribution < -0.4 is 9.60 Å². The highest BCUT2D eigenvalue weighted by Crippen LogP contribution is 2.30. The van der Waals surface area contributed by atoms with E-state index in [1.807, 2.05) is 6.07 Å². The molecule has 33 heavy (non-hydrogen) atoms. The minimum Gasteiger partial charge on any atom is -0.294 e. The van der Waals surface area contributed by atoms with Gasteiger partial charge in [0.15, 0.2) is 0 Å². The lowest BCUT2D eigenvalue weighted by molar-refractivity contribution is -0.137. The minimum absolute atomic E-state index is 0.0897. The maximum absolute atomic E-state index is 12.9. The van der Waals surface area contributed by atoms with Crippen molar-refractivity contribution in [3.63, 3.8) is 0 Å². The van der Waals surface area contributed by atoms with Crippen molar-refractivity contribution in [1.29, 1.82) is 0 Å². The largest absolute Gasteiger partial charge is 0.416 e. The third-order valence-electron chi connectivity index (χ3n) is 4.96. The Bertz CT molecular complexity index is 1490. The highest BCUT2D eigenvalue weighted by molar-refractivity contribution is 7.89. The number of sulfonamides is 1. The van der Waals surface area contributed by atoms with E-state index in [2.05, 4.69) is 4.72 Å². The Morgan fingerprint density at radius 2 is 1.76 bits per heavy atom. The predicted molar refractivity (Wildman–Crippen MR) is 122 cm³/mol. The molecular weight excluding hydrogens is 497 g/mol. The van der Waals surface area contributed by atoms with Crippen LogP contribution in [0.25, 0.3) is 10.2 Å². The van der Waals surface area contributed by atoms with Gasteiger partial charge < -0.3 is 0 Å². The van der Waals surface area contributed by atoms with E-state index in [4.69, 9.17) is 11.6 Å². The number of alkyl halides is 3. The standard InChI is InChI=1S/C22H16ClF3N2O3S2/c23-18-7-2-1-5-15(18)13-28-19-9-8-17(11-20(19)32-21(28)29)33(30,31)27-12-14-4-3-6-16(10-14)22(24,25)26/h1-11,27H,12-13H2. The molecule has 3 aromatic carbocycles. The molecule has 0 fully saturated rings. The smallest absolute Gasteiger partial charge is 0.294 e. The Hall–Kier alpha value is -2.66. The van der Waals surface area contributed by atoms with Crippen molar-refractivity contribution in [1.82, 2.24) is 9.29 Å². The lowest BCUT2D eigenvalue weighted by Crippen LogP contribution is -2.23. The van der Waals surface area contributed by atoms with Crippen molar-refractivity contribution in [3.8, 4) is 0 Å². The lowest BCUT2D eigenvalue weighted by Gasteiger charge is -2.10. The molecule has 0 aliphatic rings. The summed E-state index contributed by atoms with van der Waals surface area (Å²) in [6.45, 7) is -0.0769. The van der Waals surface area contributed by atoms with Crippen LogP contribution in [0.3, 0.4) is 0 Å². The van der Waals surface area contributed by atoms with Crippen molar-refractivity contribution >= 4 is 43.2 Å². The average molecular weight is 513 g/mol. The maximum Gasteiger partial charge on any atom is 0.416 e. The molecule has 5 nitrogen and oxygen atoms in total. The number of thiazole rings is 1. The fourth-order valence-electron chi connectivity index (χ4n) is 3.28. The second-order valence-corrected chi connectivity index (χ2v) is 10.4. The summed E-state index contributed by atoms with van der Waals surface area (Å²) in [6.07, 6.45) is -4.52. The monoisotopic (exact) mass is 512 g/mol. The van der Waals surface area contributed by atoms with Crippen LogP contribution >= 0.6 is 22.9 Å². The van der Waals surface area contributed by atoms with E-state index < -0.39 is 21.8 Å². The lowest BCUT2D eigenvalue weighted by atomic mass is 10.1. The molecule has 172 valence electrons. The van der Waals surface area contributed by atoms with Gasteiger partial charge in [-0.05, 0) is 41.5 Å². The Labute approximate surface area is 196 Å². The first-order chi connectivity index (χ1) is 15.5.